The fraction of sp³-hybridized carbons (Fsp3) is 0.182. The number of nitrogens with one attached hydrogen (secondary N) is 1. The number of phenols is 1. The van der Waals surface area contributed by atoms with Gasteiger partial charge in [-0.25, -0.2) is 4.98 Å². The summed E-state index contributed by atoms with van der Waals surface area (Å²) in [6.07, 6.45) is 0. The van der Waals surface area contributed by atoms with Gasteiger partial charge in [-0.05, 0) is 23.8 Å². The molecule has 0 bridgehead atoms. The Morgan fingerprint density at radius 2 is 2.25 bits per heavy atom. The van der Waals surface area contributed by atoms with Crippen LogP contribution in [-0.4, -0.2) is 10.1 Å². The Labute approximate surface area is 106 Å². The van der Waals surface area contributed by atoms with E-state index in [-0.39, 0.29) is 5.75 Å². The second-order valence-corrected chi connectivity index (χ2v) is 4.93. The summed E-state index contributed by atoms with van der Waals surface area (Å²) in [7, 11) is 0. The summed E-state index contributed by atoms with van der Waals surface area (Å²) in [4.78, 5) is 4.18. The van der Waals surface area contributed by atoms with Gasteiger partial charge >= 0.3 is 0 Å². The second kappa shape index (κ2) is 5.43. The van der Waals surface area contributed by atoms with Crippen LogP contribution in [-0.2, 0) is 13.1 Å². The monoisotopic (exact) mass is 298 g/mol. The quantitative estimate of drug-likeness (QED) is 0.912. The number of thiazole rings is 1. The highest BCUT2D eigenvalue weighted by atomic mass is 79.9. The van der Waals surface area contributed by atoms with E-state index in [1.54, 1.807) is 23.5 Å². The zero-order valence-corrected chi connectivity index (χ0v) is 10.9. The second-order valence-electron chi connectivity index (χ2n) is 3.36. The molecule has 2 aromatic rings. The first-order chi connectivity index (χ1) is 7.75. The molecule has 1 aromatic heterocycles. The number of hydrogen-bond acceptors (Lipinski definition) is 4. The molecule has 0 amide bonds. The third-order valence-electron chi connectivity index (χ3n) is 2.13. The Kier molecular flexibility index (Phi) is 3.93. The van der Waals surface area contributed by atoms with Crippen molar-refractivity contribution in [2.75, 3.05) is 0 Å². The van der Waals surface area contributed by atoms with Crippen molar-refractivity contribution >= 4 is 27.3 Å². The van der Waals surface area contributed by atoms with Crippen LogP contribution >= 0.6 is 27.3 Å². The lowest BCUT2D eigenvalue weighted by molar-refractivity contribution is 0.474. The first-order valence-electron chi connectivity index (χ1n) is 4.81. The standard InChI is InChI=1S/C11H11BrN2OS/c12-11-2-1-10(15)3-8(11)4-13-5-9-6-16-7-14-9/h1-3,6-7,13,15H,4-5H2. The van der Waals surface area contributed by atoms with E-state index in [0.717, 1.165) is 22.3 Å². The molecule has 0 saturated heterocycles. The normalized spacial score (nSPS) is 10.6. The maximum Gasteiger partial charge on any atom is 0.115 e. The van der Waals surface area contributed by atoms with Crippen LogP contribution in [0.4, 0.5) is 0 Å². The van der Waals surface area contributed by atoms with Crippen molar-refractivity contribution in [3.05, 3.63) is 44.8 Å². The molecule has 0 saturated carbocycles. The molecular weight excluding hydrogens is 288 g/mol. The molecule has 2 rings (SSSR count). The van der Waals surface area contributed by atoms with E-state index in [1.165, 1.54) is 0 Å². The zero-order chi connectivity index (χ0) is 11.4. The first kappa shape index (κ1) is 11.6. The maximum atomic E-state index is 9.36. The van der Waals surface area contributed by atoms with Crippen LogP contribution in [0.1, 0.15) is 11.3 Å². The number of hydrogen-bond donors (Lipinski definition) is 2. The molecule has 5 heteroatoms. The fourth-order valence-electron chi connectivity index (χ4n) is 1.35. The molecule has 1 aromatic carbocycles. The molecule has 16 heavy (non-hydrogen) atoms. The van der Waals surface area contributed by atoms with Crippen molar-refractivity contribution in [2.45, 2.75) is 13.1 Å². The van der Waals surface area contributed by atoms with Gasteiger partial charge in [0.1, 0.15) is 5.75 Å². The van der Waals surface area contributed by atoms with Crippen LogP contribution in [0.2, 0.25) is 0 Å². The summed E-state index contributed by atoms with van der Waals surface area (Å²) >= 11 is 5.04. The van der Waals surface area contributed by atoms with Gasteiger partial charge < -0.3 is 10.4 Å². The average Bonchev–Trinajstić information content (AvgIpc) is 2.76. The summed E-state index contributed by atoms with van der Waals surface area (Å²) in [6, 6.07) is 5.25. The minimum absolute atomic E-state index is 0.286. The summed E-state index contributed by atoms with van der Waals surface area (Å²) in [5.41, 5.74) is 3.90. The molecule has 0 aliphatic heterocycles. The van der Waals surface area contributed by atoms with Gasteiger partial charge in [-0.3, -0.25) is 0 Å². The summed E-state index contributed by atoms with van der Waals surface area (Å²) in [5.74, 6) is 0.286. The molecule has 0 aliphatic carbocycles. The van der Waals surface area contributed by atoms with Gasteiger partial charge in [0.25, 0.3) is 0 Å². The van der Waals surface area contributed by atoms with Crippen LogP contribution < -0.4 is 5.32 Å². The molecule has 0 atom stereocenters. The Hall–Kier alpha value is -0.910. The van der Waals surface area contributed by atoms with E-state index in [1.807, 2.05) is 17.0 Å². The third kappa shape index (κ3) is 3.04. The van der Waals surface area contributed by atoms with Crippen LogP contribution in [0, 0.1) is 0 Å². The minimum Gasteiger partial charge on any atom is -0.508 e. The highest BCUT2D eigenvalue weighted by Gasteiger charge is 2.01. The van der Waals surface area contributed by atoms with E-state index in [0.29, 0.717) is 6.54 Å². The van der Waals surface area contributed by atoms with E-state index < -0.39 is 0 Å². The van der Waals surface area contributed by atoms with E-state index in [2.05, 4.69) is 26.2 Å². The number of phenolic OH excluding ortho intramolecular Hbond substituents is 1. The van der Waals surface area contributed by atoms with E-state index in [4.69, 9.17) is 0 Å². The lowest BCUT2D eigenvalue weighted by Gasteiger charge is -2.06. The van der Waals surface area contributed by atoms with Crippen molar-refractivity contribution < 1.29 is 5.11 Å². The van der Waals surface area contributed by atoms with Crippen molar-refractivity contribution in [3.63, 3.8) is 0 Å². The number of benzene rings is 1. The molecule has 2 N–H and O–H groups in total. The van der Waals surface area contributed by atoms with Gasteiger partial charge in [0, 0.05) is 22.9 Å². The highest BCUT2D eigenvalue weighted by molar-refractivity contribution is 9.10. The van der Waals surface area contributed by atoms with Crippen molar-refractivity contribution in [2.24, 2.45) is 0 Å². The average molecular weight is 299 g/mol. The topological polar surface area (TPSA) is 45.1 Å². The lowest BCUT2D eigenvalue weighted by atomic mass is 10.2. The summed E-state index contributed by atoms with van der Waals surface area (Å²) < 4.78 is 0.996. The number of aromatic hydroxyl groups is 1. The van der Waals surface area contributed by atoms with Gasteiger partial charge in [0.15, 0.2) is 0 Å². The molecule has 3 nitrogen and oxygen atoms in total. The Morgan fingerprint density at radius 1 is 1.38 bits per heavy atom. The van der Waals surface area contributed by atoms with Gasteiger partial charge in [0.2, 0.25) is 0 Å². The molecule has 0 spiro atoms. The van der Waals surface area contributed by atoms with Gasteiger partial charge in [0.05, 0.1) is 11.2 Å². The summed E-state index contributed by atoms with van der Waals surface area (Å²) in [5, 5.41) is 14.7. The van der Waals surface area contributed by atoms with E-state index >= 15 is 0 Å². The number of nitrogens with zero attached hydrogens (tertiary/aromatic N) is 1. The first-order valence-corrected chi connectivity index (χ1v) is 6.54. The number of aromatic nitrogens is 1. The Balaban J connectivity index is 1.92. The van der Waals surface area contributed by atoms with Gasteiger partial charge in [-0.1, -0.05) is 15.9 Å². The van der Waals surface area contributed by atoms with Crippen molar-refractivity contribution in [1.82, 2.24) is 10.3 Å². The van der Waals surface area contributed by atoms with Crippen LogP contribution in [0.25, 0.3) is 0 Å². The SMILES string of the molecule is Oc1ccc(Br)c(CNCc2cscn2)c1. The predicted molar refractivity (Wildman–Crippen MR) is 68.5 cm³/mol. The molecular formula is C11H11BrN2OS. The fourth-order valence-corrected chi connectivity index (χ4v) is 2.29. The summed E-state index contributed by atoms with van der Waals surface area (Å²) in [6.45, 7) is 1.44. The number of rotatable bonds is 4. The van der Waals surface area contributed by atoms with Crippen LogP contribution in [0.3, 0.4) is 0 Å². The Bertz CT molecular complexity index is 459. The molecule has 1 heterocycles. The zero-order valence-electron chi connectivity index (χ0n) is 8.48. The van der Waals surface area contributed by atoms with Crippen molar-refractivity contribution in [1.29, 1.82) is 0 Å². The van der Waals surface area contributed by atoms with Gasteiger partial charge in [-0.2, -0.15) is 0 Å². The van der Waals surface area contributed by atoms with Crippen molar-refractivity contribution in [3.8, 4) is 5.75 Å². The van der Waals surface area contributed by atoms with Gasteiger partial charge in [-0.15, -0.1) is 11.3 Å². The van der Waals surface area contributed by atoms with E-state index in [9.17, 15) is 5.11 Å². The minimum atomic E-state index is 0.286. The predicted octanol–water partition coefficient (Wildman–Crippen LogP) is 2.90. The van der Waals surface area contributed by atoms with Crippen LogP contribution in [0.15, 0.2) is 33.6 Å². The highest BCUT2D eigenvalue weighted by Crippen LogP contribution is 2.21. The molecule has 0 radical (unpaired) electrons. The Morgan fingerprint density at radius 3 is 3.00 bits per heavy atom. The number of halogens is 1. The molecule has 0 unspecified atom stereocenters. The largest absolute Gasteiger partial charge is 0.508 e. The molecule has 0 aliphatic rings. The maximum absolute atomic E-state index is 9.36. The molecule has 84 valence electrons. The molecule has 0 fully saturated rings. The smallest absolute Gasteiger partial charge is 0.115 e. The van der Waals surface area contributed by atoms with Crippen LogP contribution in [0.5, 0.6) is 5.75 Å². The third-order valence-corrected chi connectivity index (χ3v) is 3.54. The lowest BCUT2D eigenvalue weighted by Crippen LogP contribution is -2.13.